The van der Waals surface area contributed by atoms with E-state index in [1.165, 1.54) is 0 Å². The Kier molecular flexibility index (Phi) is 2.67. The Bertz CT molecular complexity index is 340. The number of hydrogen-bond donors (Lipinski definition) is 0. The maximum atomic E-state index is 4.28. The van der Waals surface area contributed by atoms with Crippen molar-refractivity contribution in [1.82, 2.24) is 0 Å². The summed E-state index contributed by atoms with van der Waals surface area (Å²) in [6.45, 7) is 0. The Labute approximate surface area is 83.1 Å². The summed E-state index contributed by atoms with van der Waals surface area (Å²) >= 11 is 0. The molecule has 2 rings (SSSR count). The average Bonchev–Trinajstić information content (AvgIpc) is 2.62. The molecule has 0 radical (unpaired) electrons. The zero-order valence-corrected chi connectivity index (χ0v) is 7.67. The van der Waals surface area contributed by atoms with Crippen LogP contribution >= 0.6 is 0 Å². The van der Waals surface area contributed by atoms with Gasteiger partial charge in [0.05, 0.1) is 11.4 Å². The van der Waals surface area contributed by atoms with Crippen molar-refractivity contribution in [2.75, 3.05) is 0 Å². The van der Waals surface area contributed by atoms with Gasteiger partial charge in [-0.2, -0.15) is 0 Å². The van der Waals surface area contributed by atoms with Crippen molar-refractivity contribution in [3.05, 3.63) is 60.0 Å². The van der Waals surface area contributed by atoms with Gasteiger partial charge in [0.2, 0.25) is 0 Å². The first-order valence-corrected chi connectivity index (χ1v) is 4.46. The molecular weight excluding hydrogens is 172 g/mol. The highest BCUT2D eigenvalue weighted by Crippen LogP contribution is 2.13. The fourth-order valence-corrected chi connectivity index (χ4v) is 1.16. The van der Waals surface area contributed by atoms with E-state index in [0.29, 0.717) is 0 Å². The van der Waals surface area contributed by atoms with Crippen LogP contribution in [0.3, 0.4) is 0 Å². The predicted molar refractivity (Wildman–Crippen MR) is 60.6 cm³/mol. The molecule has 0 atom stereocenters. The number of nitrogens with zero attached hydrogens (tertiary/aromatic N) is 2. The van der Waals surface area contributed by atoms with Crippen LogP contribution in [-0.4, -0.2) is 12.4 Å². The van der Waals surface area contributed by atoms with E-state index in [-0.39, 0.29) is 0 Å². The van der Waals surface area contributed by atoms with E-state index in [0.717, 1.165) is 11.4 Å². The van der Waals surface area contributed by atoms with Crippen molar-refractivity contribution in [3.63, 3.8) is 0 Å². The highest BCUT2D eigenvalue weighted by molar-refractivity contribution is 5.76. The van der Waals surface area contributed by atoms with Crippen LogP contribution in [0.2, 0.25) is 0 Å². The lowest BCUT2D eigenvalue weighted by atomic mass is 10.3. The number of allylic oxidation sites excluding steroid dienone is 8. The van der Waals surface area contributed by atoms with E-state index < -0.39 is 0 Å². The van der Waals surface area contributed by atoms with Crippen LogP contribution in [0.5, 0.6) is 0 Å². The molecule has 0 saturated heterocycles. The normalized spacial score (nSPS) is 24.0. The monoisotopic (exact) mass is 182 g/mol. The highest BCUT2D eigenvalue weighted by atomic mass is 14.8. The zero-order chi connectivity index (χ0) is 9.64. The van der Waals surface area contributed by atoms with Gasteiger partial charge < -0.3 is 0 Å². The van der Waals surface area contributed by atoms with Crippen LogP contribution in [0, 0.1) is 0 Å². The fraction of sp³-hybridized carbons (Fsp3) is 0. The van der Waals surface area contributed by atoms with Crippen molar-refractivity contribution >= 4 is 12.4 Å². The van der Waals surface area contributed by atoms with Gasteiger partial charge in [0.1, 0.15) is 0 Å². The van der Waals surface area contributed by atoms with Crippen LogP contribution in [0.15, 0.2) is 70.0 Å². The second-order valence-electron chi connectivity index (χ2n) is 2.81. The van der Waals surface area contributed by atoms with Gasteiger partial charge in [0.15, 0.2) is 0 Å². The SMILES string of the molecule is C1=CC=NC(=C2C=CC=CC=N2)C=C1. The molecule has 68 valence electrons. The molecule has 0 spiro atoms. The van der Waals surface area contributed by atoms with E-state index in [1.54, 1.807) is 12.4 Å². The average molecular weight is 182 g/mol. The summed E-state index contributed by atoms with van der Waals surface area (Å²) in [6, 6.07) is 0. The fourth-order valence-electron chi connectivity index (χ4n) is 1.16. The van der Waals surface area contributed by atoms with Gasteiger partial charge in [-0.1, -0.05) is 24.3 Å². The molecule has 0 aliphatic carbocycles. The summed E-state index contributed by atoms with van der Waals surface area (Å²) in [7, 11) is 0. The highest BCUT2D eigenvalue weighted by Gasteiger charge is 1.98. The summed E-state index contributed by atoms with van der Waals surface area (Å²) in [4.78, 5) is 8.55. The largest absolute Gasteiger partial charge is 0.255 e. The Morgan fingerprint density at radius 2 is 1.07 bits per heavy atom. The van der Waals surface area contributed by atoms with Gasteiger partial charge in [-0.3, -0.25) is 9.98 Å². The zero-order valence-electron chi connectivity index (χ0n) is 7.67. The minimum absolute atomic E-state index is 0.881. The summed E-state index contributed by atoms with van der Waals surface area (Å²) in [5.74, 6) is 0. The minimum Gasteiger partial charge on any atom is -0.255 e. The van der Waals surface area contributed by atoms with Crippen LogP contribution in [0.1, 0.15) is 0 Å². The molecule has 0 unspecified atom stereocenters. The van der Waals surface area contributed by atoms with Crippen LogP contribution in [0.4, 0.5) is 0 Å². The molecule has 0 fully saturated rings. The van der Waals surface area contributed by atoms with Crippen molar-refractivity contribution < 1.29 is 0 Å². The molecule has 14 heavy (non-hydrogen) atoms. The molecule has 0 aromatic heterocycles. The van der Waals surface area contributed by atoms with E-state index in [2.05, 4.69) is 9.98 Å². The molecule has 0 N–H and O–H groups in total. The maximum Gasteiger partial charge on any atom is 0.0886 e. The topological polar surface area (TPSA) is 24.7 Å². The molecule has 0 aromatic carbocycles. The number of rotatable bonds is 0. The van der Waals surface area contributed by atoms with E-state index >= 15 is 0 Å². The molecule has 0 bridgehead atoms. The third kappa shape index (κ3) is 2.04. The smallest absolute Gasteiger partial charge is 0.0886 e. The lowest BCUT2D eigenvalue weighted by molar-refractivity contribution is 1.29. The third-order valence-corrected chi connectivity index (χ3v) is 1.81. The Hall–Kier alpha value is -1.96. The summed E-state index contributed by atoms with van der Waals surface area (Å²) in [5, 5.41) is 0. The van der Waals surface area contributed by atoms with Gasteiger partial charge in [-0.05, 0) is 24.3 Å². The van der Waals surface area contributed by atoms with Gasteiger partial charge in [-0.25, -0.2) is 0 Å². The molecule has 2 heterocycles. The second-order valence-corrected chi connectivity index (χ2v) is 2.81. The number of aliphatic imine (C=N–C) groups is 2. The Morgan fingerprint density at radius 3 is 1.57 bits per heavy atom. The molecule has 2 nitrogen and oxygen atoms in total. The molecule has 0 saturated carbocycles. The van der Waals surface area contributed by atoms with Crippen LogP contribution in [0.25, 0.3) is 0 Å². The van der Waals surface area contributed by atoms with Crippen molar-refractivity contribution in [2.24, 2.45) is 9.98 Å². The van der Waals surface area contributed by atoms with E-state index in [1.807, 2.05) is 48.6 Å². The molecule has 0 aromatic rings. The number of hydrogen-bond acceptors (Lipinski definition) is 2. The van der Waals surface area contributed by atoms with Gasteiger partial charge in [-0.15, -0.1) is 0 Å². The minimum atomic E-state index is 0.881. The third-order valence-electron chi connectivity index (χ3n) is 1.81. The van der Waals surface area contributed by atoms with Crippen LogP contribution in [-0.2, 0) is 0 Å². The Morgan fingerprint density at radius 1 is 0.571 bits per heavy atom. The van der Waals surface area contributed by atoms with Gasteiger partial charge in [0, 0.05) is 12.4 Å². The van der Waals surface area contributed by atoms with E-state index in [4.69, 9.17) is 0 Å². The second kappa shape index (κ2) is 4.33. The van der Waals surface area contributed by atoms with Gasteiger partial charge in [0.25, 0.3) is 0 Å². The first kappa shape index (κ1) is 8.63. The quantitative estimate of drug-likeness (QED) is 0.550. The summed E-state index contributed by atoms with van der Waals surface area (Å²) in [5.41, 5.74) is 1.76. The summed E-state index contributed by atoms with van der Waals surface area (Å²) < 4.78 is 0. The summed E-state index contributed by atoms with van der Waals surface area (Å²) in [6.07, 6.45) is 19.0. The Balaban J connectivity index is 2.39. The standard InChI is InChI=1S/C12H10N2/c1-3-7-11(13-9-5-1)12-8-4-2-6-10-14-12/h1-10H. The lowest BCUT2D eigenvalue weighted by Crippen LogP contribution is -1.81. The van der Waals surface area contributed by atoms with E-state index in [9.17, 15) is 0 Å². The lowest BCUT2D eigenvalue weighted by Gasteiger charge is -1.96. The molecule has 0 amide bonds. The van der Waals surface area contributed by atoms with Crippen molar-refractivity contribution in [1.29, 1.82) is 0 Å². The van der Waals surface area contributed by atoms with Gasteiger partial charge >= 0.3 is 0 Å². The maximum absolute atomic E-state index is 4.28. The predicted octanol–water partition coefficient (Wildman–Crippen LogP) is 2.59. The first-order valence-electron chi connectivity index (χ1n) is 4.46. The van der Waals surface area contributed by atoms with Crippen LogP contribution < -0.4 is 0 Å². The molecule has 2 heteroatoms. The first-order chi connectivity index (χ1) is 6.97. The van der Waals surface area contributed by atoms with Crippen molar-refractivity contribution in [2.45, 2.75) is 0 Å². The molecule has 2 aliphatic rings. The molecular formula is C12H10N2. The van der Waals surface area contributed by atoms with Crippen molar-refractivity contribution in [3.8, 4) is 0 Å². The molecule has 2 aliphatic heterocycles.